The third-order valence-corrected chi connectivity index (χ3v) is 4.40. The molecular formula is C20H21NO3. The maximum atomic E-state index is 12.8. The fourth-order valence-electron chi connectivity index (χ4n) is 3.04. The number of hydrogen-bond acceptors (Lipinski definition) is 2. The van der Waals surface area contributed by atoms with E-state index in [1.807, 2.05) is 60.7 Å². The highest BCUT2D eigenvalue weighted by molar-refractivity contribution is 5.83. The van der Waals surface area contributed by atoms with Crippen molar-refractivity contribution >= 4 is 11.9 Å². The zero-order valence-corrected chi connectivity index (χ0v) is 13.5. The van der Waals surface area contributed by atoms with Crippen LogP contribution in [-0.2, 0) is 9.59 Å². The third kappa shape index (κ3) is 4.02. The van der Waals surface area contributed by atoms with E-state index < -0.39 is 5.97 Å². The first-order valence-electron chi connectivity index (χ1n) is 8.26. The van der Waals surface area contributed by atoms with E-state index in [2.05, 4.69) is 0 Å². The average molecular weight is 323 g/mol. The number of nitrogens with zero attached hydrogens (tertiary/aromatic N) is 1. The van der Waals surface area contributed by atoms with Crippen LogP contribution in [0.5, 0.6) is 0 Å². The molecule has 1 aliphatic rings. The Morgan fingerprint density at radius 1 is 0.958 bits per heavy atom. The minimum atomic E-state index is -0.953. The fraction of sp³-hybridized carbons (Fsp3) is 0.300. The summed E-state index contributed by atoms with van der Waals surface area (Å²) < 4.78 is 0. The number of carboxylic acids is 1. The van der Waals surface area contributed by atoms with Crippen molar-refractivity contribution in [1.29, 1.82) is 0 Å². The first kappa shape index (κ1) is 16.2. The lowest BCUT2D eigenvalue weighted by Gasteiger charge is -2.24. The van der Waals surface area contributed by atoms with Crippen LogP contribution in [0.25, 0.3) is 0 Å². The van der Waals surface area contributed by atoms with Gasteiger partial charge in [-0.25, -0.2) is 0 Å². The molecular weight excluding hydrogens is 302 g/mol. The third-order valence-electron chi connectivity index (χ3n) is 4.40. The molecule has 124 valence electrons. The van der Waals surface area contributed by atoms with Gasteiger partial charge in [0, 0.05) is 18.4 Å². The van der Waals surface area contributed by atoms with Crippen LogP contribution in [0.3, 0.4) is 0 Å². The second kappa shape index (κ2) is 7.30. The lowest BCUT2D eigenvalue weighted by atomic mass is 9.88. The van der Waals surface area contributed by atoms with Gasteiger partial charge in [-0.15, -0.1) is 0 Å². The van der Waals surface area contributed by atoms with Gasteiger partial charge in [-0.1, -0.05) is 60.7 Å². The maximum Gasteiger partial charge on any atom is 0.323 e. The quantitative estimate of drug-likeness (QED) is 0.850. The zero-order valence-electron chi connectivity index (χ0n) is 13.5. The summed E-state index contributed by atoms with van der Waals surface area (Å²) >= 11 is 0. The molecule has 0 radical (unpaired) electrons. The molecule has 0 unspecified atom stereocenters. The number of amides is 1. The summed E-state index contributed by atoms with van der Waals surface area (Å²) in [6.07, 6.45) is 2.10. The molecule has 0 saturated heterocycles. The standard InChI is InChI=1S/C20H21NO3/c22-19(21(14-20(23)24)17-11-12-17)13-18(15-7-3-1-4-8-15)16-9-5-2-6-10-16/h1-10,17-18H,11-14H2,(H,23,24). The number of carbonyl (C=O) groups excluding carboxylic acids is 1. The van der Waals surface area contributed by atoms with Gasteiger partial charge < -0.3 is 10.0 Å². The Kier molecular flexibility index (Phi) is 4.94. The molecule has 24 heavy (non-hydrogen) atoms. The van der Waals surface area contributed by atoms with Crippen molar-refractivity contribution in [3.8, 4) is 0 Å². The monoisotopic (exact) mass is 323 g/mol. The van der Waals surface area contributed by atoms with Gasteiger partial charge in [0.05, 0.1) is 0 Å². The SMILES string of the molecule is O=C(O)CN(C(=O)CC(c1ccccc1)c1ccccc1)C1CC1. The molecule has 1 fully saturated rings. The van der Waals surface area contributed by atoms with Crippen LogP contribution in [-0.4, -0.2) is 34.5 Å². The predicted octanol–water partition coefficient (Wildman–Crippen LogP) is 3.28. The van der Waals surface area contributed by atoms with Crippen LogP contribution in [0.1, 0.15) is 36.3 Å². The topological polar surface area (TPSA) is 57.6 Å². The molecule has 1 aliphatic carbocycles. The summed E-state index contributed by atoms with van der Waals surface area (Å²) in [6, 6.07) is 19.9. The van der Waals surface area contributed by atoms with Crippen LogP contribution >= 0.6 is 0 Å². The molecule has 0 heterocycles. The first-order chi connectivity index (χ1) is 11.6. The Labute approximate surface area is 141 Å². The Balaban J connectivity index is 1.83. The van der Waals surface area contributed by atoms with E-state index in [-0.39, 0.29) is 30.8 Å². The van der Waals surface area contributed by atoms with Crippen LogP contribution in [0.4, 0.5) is 0 Å². The molecule has 2 aromatic rings. The highest BCUT2D eigenvalue weighted by Crippen LogP contribution is 2.32. The van der Waals surface area contributed by atoms with E-state index in [0.717, 1.165) is 24.0 Å². The number of carboxylic acid groups (broad SMARTS) is 1. The van der Waals surface area contributed by atoms with Crippen LogP contribution in [0.15, 0.2) is 60.7 Å². The van der Waals surface area contributed by atoms with Crippen molar-refractivity contribution in [3.63, 3.8) is 0 Å². The Bertz CT molecular complexity index is 656. The van der Waals surface area contributed by atoms with E-state index in [9.17, 15) is 9.59 Å². The fourth-order valence-corrected chi connectivity index (χ4v) is 3.04. The van der Waals surface area contributed by atoms with Crippen LogP contribution in [0, 0.1) is 0 Å². The molecule has 0 bridgehead atoms. The predicted molar refractivity (Wildman–Crippen MR) is 91.7 cm³/mol. The normalized spacial score (nSPS) is 13.7. The summed E-state index contributed by atoms with van der Waals surface area (Å²) in [6.45, 7) is -0.209. The second-order valence-electron chi connectivity index (χ2n) is 6.22. The molecule has 0 aliphatic heterocycles. The highest BCUT2D eigenvalue weighted by Gasteiger charge is 2.34. The van der Waals surface area contributed by atoms with Gasteiger partial charge in [-0.05, 0) is 24.0 Å². The summed E-state index contributed by atoms with van der Waals surface area (Å²) in [5.41, 5.74) is 2.14. The zero-order chi connectivity index (χ0) is 16.9. The van der Waals surface area contributed by atoms with Gasteiger partial charge in [0.2, 0.25) is 5.91 Å². The van der Waals surface area contributed by atoms with Crippen LogP contribution in [0.2, 0.25) is 0 Å². The van der Waals surface area contributed by atoms with Gasteiger partial charge in [0.25, 0.3) is 0 Å². The van der Waals surface area contributed by atoms with E-state index in [1.165, 1.54) is 4.90 Å². The van der Waals surface area contributed by atoms with Crippen molar-refractivity contribution in [2.24, 2.45) is 0 Å². The Hall–Kier alpha value is -2.62. The van der Waals surface area contributed by atoms with Gasteiger partial charge in [0.1, 0.15) is 6.54 Å². The molecule has 1 N–H and O–H groups in total. The summed E-state index contributed by atoms with van der Waals surface area (Å²) in [5.74, 6) is -1.10. The lowest BCUT2D eigenvalue weighted by Crippen LogP contribution is -2.38. The molecule has 2 aromatic carbocycles. The first-order valence-corrected chi connectivity index (χ1v) is 8.26. The number of hydrogen-bond donors (Lipinski definition) is 1. The Morgan fingerprint density at radius 3 is 1.88 bits per heavy atom. The average Bonchev–Trinajstić information content (AvgIpc) is 3.43. The highest BCUT2D eigenvalue weighted by atomic mass is 16.4. The largest absolute Gasteiger partial charge is 0.480 e. The minimum Gasteiger partial charge on any atom is -0.480 e. The second-order valence-corrected chi connectivity index (χ2v) is 6.22. The van der Waals surface area contributed by atoms with Crippen molar-refractivity contribution in [2.75, 3.05) is 6.54 Å². The van der Waals surface area contributed by atoms with Crippen LogP contribution < -0.4 is 0 Å². The molecule has 1 amide bonds. The summed E-state index contributed by atoms with van der Waals surface area (Å²) in [7, 11) is 0. The molecule has 1 saturated carbocycles. The molecule has 0 aromatic heterocycles. The molecule has 0 atom stereocenters. The summed E-state index contributed by atoms with van der Waals surface area (Å²) in [5, 5.41) is 9.08. The van der Waals surface area contributed by atoms with Crippen molar-refractivity contribution in [1.82, 2.24) is 4.90 Å². The van der Waals surface area contributed by atoms with Gasteiger partial charge >= 0.3 is 5.97 Å². The lowest BCUT2D eigenvalue weighted by molar-refractivity contribution is -0.145. The van der Waals surface area contributed by atoms with Crippen molar-refractivity contribution in [2.45, 2.75) is 31.2 Å². The van der Waals surface area contributed by atoms with Crippen molar-refractivity contribution < 1.29 is 14.7 Å². The smallest absolute Gasteiger partial charge is 0.323 e. The number of rotatable bonds is 7. The molecule has 4 nitrogen and oxygen atoms in total. The molecule has 3 rings (SSSR count). The molecule has 4 heteroatoms. The van der Waals surface area contributed by atoms with Crippen molar-refractivity contribution in [3.05, 3.63) is 71.8 Å². The minimum absolute atomic E-state index is 0.0602. The van der Waals surface area contributed by atoms with E-state index in [4.69, 9.17) is 5.11 Å². The van der Waals surface area contributed by atoms with E-state index in [1.54, 1.807) is 0 Å². The Morgan fingerprint density at radius 2 is 1.46 bits per heavy atom. The van der Waals surface area contributed by atoms with Gasteiger partial charge in [-0.3, -0.25) is 9.59 Å². The molecule has 0 spiro atoms. The maximum absolute atomic E-state index is 12.8. The van der Waals surface area contributed by atoms with Gasteiger partial charge in [0.15, 0.2) is 0 Å². The van der Waals surface area contributed by atoms with Gasteiger partial charge in [-0.2, -0.15) is 0 Å². The van der Waals surface area contributed by atoms with E-state index >= 15 is 0 Å². The van der Waals surface area contributed by atoms with E-state index in [0.29, 0.717) is 0 Å². The summed E-state index contributed by atoms with van der Waals surface area (Å²) in [4.78, 5) is 25.4. The number of aliphatic carboxylic acids is 1. The number of benzene rings is 2. The number of carbonyl (C=O) groups is 2.